The fourth-order valence-corrected chi connectivity index (χ4v) is 3.46. The molecule has 1 aromatic carbocycles. The molecule has 1 saturated heterocycles. The number of rotatable bonds is 7. The molecule has 140 valence electrons. The predicted octanol–water partition coefficient (Wildman–Crippen LogP) is 1.83. The second kappa shape index (κ2) is 8.33. The number of aryl methyl sites for hydroxylation is 1. The van der Waals surface area contributed by atoms with E-state index < -0.39 is 12.1 Å². The van der Waals surface area contributed by atoms with Gasteiger partial charge in [-0.15, -0.1) is 0 Å². The Labute approximate surface area is 152 Å². The number of hydrogen-bond donors (Lipinski definition) is 2. The zero-order valence-corrected chi connectivity index (χ0v) is 14.9. The van der Waals surface area contributed by atoms with Gasteiger partial charge in [-0.2, -0.15) is 0 Å². The first-order valence-corrected chi connectivity index (χ1v) is 8.84. The second-order valence-electron chi connectivity index (χ2n) is 6.74. The number of benzene rings is 1. The molecule has 7 heteroatoms. The van der Waals surface area contributed by atoms with Crippen LogP contribution in [0, 0.1) is 5.92 Å². The van der Waals surface area contributed by atoms with Crippen molar-refractivity contribution in [3.05, 3.63) is 48.0 Å². The van der Waals surface area contributed by atoms with Crippen LogP contribution < -0.4 is 4.74 Å². The van der Waals surface area contributed by atoms with Gasteiger partial charge in [0.2, 0.25) is 0 Å². The van der Waals surface area contributed by atoms with Crippen molar-refractivity contribution < 1.29 is 19.7 Å². The summed E-state index contributed by atoms with van der Waals surface area (Å²) in [5.41, 5.74) is 0.983. The maximum absolute atomic E-state index is 10.7. The van der Waals surface area contributed by atoms with E-state index in [2.05, 4.69) is 9.88 Å². The van der Waals surface area contributed by atoms with Gasteiger partial charge in [-0.3, -0.25) is 4.90 Å². The maximum Gasteiger partial charge on any atom is 0.341 e. The predicted molar refractivity (Wildman–Crippen MR) is 95.7 cm³/mol. The molecule has 1 atom stereocenters. The second-order valence-corrected chi connectivity index (χ2v) is 6.74. The fourth-order valence-electron chi connectivity index (χ4n) is 3.46. The van der Waals surface area contributed by atoms with Crippen molar-refractivity contribution in [2.24, 2.45) is 13.0 Å². The molecule has 1 fully saturated rings. The largest absolute Gasteiger partial charge is 0.482 e. The summed E-state index contributed by atoms with van der Waals surface area (Å²) in [5.74, 6) is 0.552. The van der Waals surface area contributed by atoms with Crippen LogP contribution in [0.3, 0.4) is 0 Å². The molecule has 0 unspecified atom stereocenters. The highest BCUT2D eigenvalue weighted by Gasteiger charge is 2.28. The van der Waals surface area contributed by atoms with Crippen LogP contribution in [0.2, 0.25) is 0 Å². The highest BCUT2D eigenvalue weighted by molar-refractivity contribution is 5.68. The first-order chi connectivity index (χ1) is 12.5. The number of nitrogens with zero attached hydrogens (tertiary/aromatic N) is 3. The van der Waals surface area contributed by atoms with E-state index in [4.69, 9.17) is 9.84 Å². The number of hydrogen-bond acceptors (Lipinski definition) is 5. The topological polar surface area (TPSA) is 87.8 Å². The highest BCUT2D eigenvalue weighted by Crippen LogP contribution is 2.31. The summed E-state index contributed by atoms with van der Waals surface area (Å²) < 4.78 is 7.25. The van der Waals surface area contributed by atoms with Gasteiger partial charge in [-0.1, -0.05) is 18.2 Å². The van der Waals surface area contributed by atoms with E-state index >= 15 is 0 Å². The molecule has 26 heavy (non-hydrogen) atoms. The average molecular weight is 359 g/mol. The lowest BCUT2D eigenvalue weighted by Gasteiger charge is -2.34. The molecule has 0 bridgehead atoms. The molecule has 0 radical (unpaired) electrons. The van der Waals surface area contributed by atoms with Crippen LogP contribution in [0.5, 0.6) is 5.75 Å². The van der Waals surface area contributed by atoms with E-state index in [9.17, 15) is 9.90 Å². The van der Waals surface area contributed by atoms with Crippen molar-refractivity contribution in [2.45, 2.75) is 25.5 Å². The van der Waals surface area contributed by atoms with E-state index in [-0.39, 0.29) is 12.5 Å². The van der Waals surface area contributed by atoms with Crippen LogP contribution in [-0.4, -0.2) is 50.3 Å². The number of likely N-dealkylation sites (tertiary alicyclic amines) is 1. The minimum atomic E-state index is -0.983. The lowest BCUT2D eigenvalue weighted by atomic mass is 9.90. The maximum atomic E-state index is 10.7. The summed E-state index contributed by atoms with van der Waals surface area (Å²) in [5, 5.41) is 19.4. The highest BCUT2D eigenvalue weighted by atomic mass is 16.5. The Balaban J connectivity index is 1.56. The standard InChI is InChI=1S/C19H25N3O4/c1-21-11-8-20-19(21)18(25)14-6-9-22(10-7-14)12-15-4-2-3-5-16(15)26-13-17(23)24/h2-5,8,11,14,18,25H,6-7,9-10,12-13H2,1H3,(H,23,24)/t18-/m1/s1. The van der Waals surface area contributed by atoms with Gasteiger partial charge in [0.05, 0.1) is 0 Å². The van der Waals surface area contributed by atoms with Crippen molar-refractivity contribution in [1.29, 1.82) is 0 Å². The number of aromatic nitrogens is 2. The van der Waals surface area contributed by atoms with Crippen LogP contribution in [0.4, 0.5) is 0 Å². The third-order valence-electron chi connectivity index (χ3n) is 4.92. The van der Waals surface area contributed by atoms with Crippen LogP contribution in [-0.2, 0) is 18.4 Å². The van der Waals surface area contributed by atoms with E-state index in [1.807, 2.05) is 36.0 Å². The van der Waals surface area contributed by atoms with Crippen LogP contribution in [0.1, 0.15) is 30.3 Å². The monoisotopic (exact) mass is 359 g/mol. The molecule has 1 aliphatic heterocycles. The molecule has 1 aromatic heterocycles. The van der Waals surface area contributed by atoms with Crippen molar-refractivity contribution in [3.63, 3.8) is 0 Å². The van der Waals surface area contributed by atoms with Gasteiger partial charge in [0.25, 0.3) is 0 Å². The van der Waals surface area contributed by atoms with Crippen LogP contribution in [0.15, 0.2) is 36.7 Å². The van der Waals surface area contributed by atoms with Crippen molar-refractivity contribution in [2.75, 3.05) is 19.7 Å². The van der Waals surface area contributed by atoms with Gasteiger partial charge < -0.3 is 19.5 Å². The van der Waals surface area contributed by atoms with Gasteiger partial charge in [0.15, 0.2) is 6.61 Å². The Morgan fingerprint density at radius 3 is 2.73 bits per heavy atom. The Hall–Kier alpha value is -2.38. The van der Waals surface area contributed by atoms with Gasteiger partial charge in [0, 0.05) is 31.5 Å². The normalized spacial score (nSPS) is 17.2. The van der Waals surface area contributed by atoms with Gasteiger partial charge >= 0.3 is 5.97 Å². The minimum Gasteiger partial charge on any atom is -0.482 e. The number of aliphatic hydroxyl groups is 1. The number of para-hydroxylation sites is 1. The van der Waals surface area contributed by atoms with Gasteiger partial charge in [-0.05, 0) is 37.9 Å². The van der Waals surface area contributed by atoms with Crippen LogP contribution in [0.25, 0.3) is 0 Å². The van der Waals surface area contributed by atoms with E-state index in [1.165, 1.54) is 0 Å². The van der Waals surface area contributed by atoms with E-state index in [0.717, 1.165) is 37.3 Å². The number of aliphatic hydroxyl groups excluding tert-OH is 1. The number of carboxylic acid groups (broad SMARTS) is 1. The van der Waals surface area contributed by atoms with E-state index in [1.54, 1.807) is 12.3 Å². The number of ether oxygens (including phenoxy) is 1. The molecule has 3 rings (SSSR count). The summed E-state index contributed by atoms with van der Waals surface area (Å²) >= 11 is 0. The summed E-state index contributed by atoms with van der Waals surface area (Å²) in [6, 6.07) is 7.54. The molecule has 1 aliphatic rings. The van der Waals surface area contributed by atoms with Crippen molar-refractivity contribution in [1.82, 2.24) is 14.5 Å². The molecule has 7 nitrogen and oxygen atoms in total. The third-order valence-corrected chi connectivity index (χ3v) is 4.92. The number of carboxylic acids is 1. The minimum absolute atomic E-state index is 0.200. The number of piperidine rings is 1. The molecular formula is C19H25N3O4. The lowest BCUT2D eigenvalue weighted by molar-refractivity contribution is -0.139. The molecule has 0 spiro atoms. The summed E-state index contributed by atoms with van der Waals surface area (Å²) in [6.07, 6.45) is 4.81. The zero-order valence-electron chi connectivity index (χ0n) is 14.9. The van der Waals surface area contributed by atoms with E-state index in [0.29, 0.717) is 12.3 Å². The quantitative estimate of drug-likeness (QED) is 0.784. The summed E-state index contributed by atoms with van der Waals surface area (Å²) in [6.45, 7) is 2.12. The molecule has 0 amide bonds. The smallest absolute Gasteiger partial charge is 0.341 e. The molecule has 0 saturated carbocycles. The van der Waals surface area contributed by atoms with Gasteiger partial charge in [0.1, 0.15) is 17.7 Å². The molecule has 2 N–H and O–H groups in total. The number of aliphatic carboxylic acids is 1. The Bertz CT molecular complexity index is 738. The Morgan fingerprint density at radius 1 is 1.35 bits per heavy atom. The van der Waals surface area contributed by atoms with Crippen LogP contribution >= 0.6 is 0 Å². The average Bonchev–Trinajstić information content (AvgIpc) is 3.07. The summed E-state index contributed by atoms with van der Waals surface area (Å²) in [4.78, 5) is 17.3. The van der Waals surface area contributed by atoms with Crippen molar-refractivity contribution >= 4 is 5.97 Å². The number of imidazole rings is 1. The SMILES string of the molecule is Cn1ccnc1[C@H](O)C1CCN(Cc2ccccc2OCC(=O)O)CC1. The first-order valence-electron chi connectivity index (χ1n) is 8.84. The molecule has 0 aliphatic carbocycles. The Morgan fingerprint density at radius 2 is 2.08 bits per heavy atom. The summed E-state index contributed by atoms with van der Waals surface area (Å²) in [7, 11) is 1.90. The third kappa shape index (κ3) is 4.42. The van der Waals surface area contributed by atoms with Gasteiger partial charge in [-0.25, -0.2) is 9.78 Å². The molecular weight excluding hydrogens is 334 g/mol. The molecule has 2 aromatic rings. The fraction of sp³-hybridized carbons (Fsp3) is 0.474. The molecule has 2 heterocycles. The number of carbonyl (C=O) groups is 1. The zero-order chi connectivity index (χ0) is 18.5. The Kier molecular flexibility index (Phi) is 5.90. The lowest BCUT2D eigenvalue weighted by Crippen LogP contribution is -2.35. The first kappa shape index (κ1) is 18.4. The van der Waals surface area contributed by atoms with Crippen molar-refractivity contribution in [3.8, 4) is 5.75 Å².